The van der Waals surface area contributed by atoms with Gasteiger partial charge in [0.1, 0.15) is 0 Å². The largest absolute Gasteiger partial charge is 0.469 e. The van der Waals surface area contributed by atoms with E-state index in [4.69, 9.17) is 4.74 Å². The average molecular weight is 202 g/mol. The Morgan fingerprint density at radius 3 is 2.29 bits per heavy atom. The van der Waals surface area contributed by atoms with Gasteiger partial charge >= 0.3 is 5.97 Å². The van der Waals surface area contributed by atoms with E-state index in [2.05, 4.69) is 11.7 Å². The molecule has 1 aliphatic rings. The van der Waals surface area contributed by atoms with Crippen molar-refractivity contribution in [3.8, 4) is 0 Å². The summed E-state index contributed by atoms with van der Waals surface area (Å²) in [6.45, 7) is 4.11. The second kappa shape index (κ2) is 10.5. The number of hydrogen-bond donors (Lipinski definition) is 0. The highest BCUT2D eigenvalue weighted by atomic mass is 16.5. The second-order valence-corrected chi connectivity index (χ2v) is 3.35. The molecule has 84 valence electrons. The number of methoxy groups -OCH3 is 1. The Labute approximate surface area is 86.8 Å². The van der Waals surface area contributed by atoms with Gasteiger partial charge in [-0.15, -0.1) is 0 Å². The Kier molecular flexibility index (Phi) is 10.1. The van der Waals surface area contributed by atoms with Gasteiger partial charge in [0.05, 0.1) is 7.11 Å². The van der Waals surface area contributed by atoms with Crippen molar-refractivity contribution in [1.82, 2.24) is 0 Å². The Morgan fingerprint density at radius 1 is 1.29 bits per heavy atom. The summed E-state index contributed by atoms with van der Waals surface area (Å²) in [4.78, 5) is 10.5. The summed E-state index contributed by atoms with van der Waals surface area (Å²) in [7, 11) is 1.42. The molecule has 0 aliphatic carbocycles. The number of esters is 1. The first-order valence-corrected chi connectivity index (χ1v) is 5.45. The van der Waals surface area contributed by atoms with Crippen LogP contribution in [0, 0.1) is 0 Å². The highest BCUT2D eigenvalue weighted by molar-refractivity contribution is 5.68. The minimum atomic E-state index is -0.0940. The molecule has 3 nitrogen and oxygen atoms in total. The van der Waals surface area contributed by atoms with E-state index in [1.807, 2.05) is 0 Å². The first kappa shape index (κ1) is 13.4. The van der Waals surface area contributed by atoms with Crippen molar-refractivity contribution >= 4 is 5.97 Å². The molecule has 0 aromatic heterocycles. The molecule has 0 aromatic carbocycles. The van der Waals surface area contributed by atoms with E-state index in [1.54, 1.807) is 0 Å². The van der Waals surface area contributed by atoms with Crippen LogP contribution in [0.15, 0.2) is 0 Å². The molecule has 0 saturated carbocycles. The van der Waals surface area contributed by atoms with Crippen LogP contribution in [0.25, 0.3) is 0 Å². The lowest BCUT2D eigenvalue weighted by atomic mass is 10.2. The SMILES string of the molecule is C1CCOC1.CCCCCC(=O)OC. The van der Waals surface area contributed by atoms with Crippen molar-refractivity contribution in [1.29, 1.82) is 0 Å². The number of carbonyl (C=O) groups is 1. The quantitative estimate of drug-likeness (QED) is 0.519. The molecule has 0 atom stereocenters. The molecule has 1 fully saturated rings. The van der Waals surface area contributed by atoms with E-state index in [0.29, 0.717) is 6.42 Å². The van der Waals surface area contributed by atoms with Crippen LogP contribution in [0.5, 0.6) is 0 Å². The first-order valence-electron chi connectivity index (χ1n) is 5.45. The minimum absolute atomic E-state index is 0.0940. The maximum Gasteiger partial charge on any atom is 0.305 e. The third kappa shape index (κ3) is 9.52. The summed E-state index contributed by atoms with van der Waals surface area (Å²) in [5.41, 5.74) is 0. The van der Waals surface area contributed by atoms with E-state index >= 15 is 0 Å². The lowest BCUT2D eigenvalue weighted by Gasteiger charge is -1.95. The van der Waals surface area contributed by atoms with E-state index in [1.165, 1.54) is 20.0 Å². The molecule has 1 saturated heterocycles. The zero-order valence-corrected chi connectivity index (χ0v) is 9.38. The molecule has 1 aliphatic heterocycles. The molecule has 0 bridgehead atoms. The predicted octanol–water partition coefficient (Wildman–Crippen LogP) is 2.54. The van der Waals surface area contributed by atoms with Gasteiger partial charge in [-0.1, -0.05) is 19.8 Å². The molecule has 14 heavy (non-hydrogen) atoms. The standard InChI is InChI=1S/C7H14O2.C4H8O/c1-3-4-5-6-7(8)9-2;1-2-4-5-3-1/h3-6H2,1-2H3;1-4H2. The van der Waals surface area contributed by atoms with Gasteiger partial charge in [-0.3, -0.25) is 4.79 Å². The van der Waals surface area contributed by atoms with Crippen LogP contribution >= 0.6 is 0 Å². The summed E-state index contributed by atoms with van der Waals surface area (Å²) in [5.74, 6) is -0.0940. The maximum atomic E-state index is 10.5. The Hall–Kier alpha value is -0.570. The second-order valence-electron chi connectivity index (χ2n) is 3.35. The Balaban J connectivity index is 0.000000280. The van der Waals surface area contributed by atoms with Crippen LogP contribution in [0.1, 0.15) is 45.4 Å². The predicted molar refractivity (Wildman–Crippen MR) is 56.2 cm³/mol. The monoisotopic (exact) mass is 202 g/mol. The number of unbranched alkanes of at least 4 members (excludes halogenated alkanes) is 2. The van der Waals surface area contributed by atoms with Crippen LogP contribution in [-0.2, 0) is 14.3 Å². The molecular formula is C11H22O3. The number of rotatable bonds is 4. The van der Waals surface area contributed by atoms with Gasteiger partial charge in [-0.25, -0.2) is 0 Å². The fraction of sp³-hybridized carbons (Fsp3) is 0.909. The zero-order chi connectivity index (χ0) is 10.6. The molecule has 0 unspecified atom stereocenters. The summed E-state index contributed by atoms with van der Waals surface area (Å²) in [6.07, 6.45) is 6.36. The van der Waals surface area contributed by atoms with E-state index in [9.17, 15) is 4.79 Å². The molecule has 1 rings (SSSR count). The van der Waals surface area contributed by atoms with Gasteiger partial charge in [0.25, 0.3) is 0 Å². The number of ether oxygens (including phenoxy) is 2. The third-order valence-electron chi connectivity index (χ3n) is 2.04. The number of carbonyl (C=O) groups excluding carboxylic acids is 1. The molecule has 0 N–H and O–H groups in total. The van der Waals surface area contributed by atoms with E-state index in [0.717, 1.165) is 32.5 Å². The molecule has 0 radical (unpaired) electrons. The van der Waals surface area contributed by atoms with Gasteiger partial charge in [-0.2, -0.15) is 0 Å². The van der Waals surface area contributed by atoms with E-state index in [-0.39, 0.29) is 5.97 Å². The van der Waals surface area contributed by atoms with Crippen molar-refractivity contribution in [3.63, 3.8) is 0 Å². The molecular weight excluding hydrogens is 180 g/mol. The van der Waals surface area contributed by atoms with Gasteiger partial charge in [0.2, 0.25) is 0 Å². The van der Waals surface area contributed by atoms with Crippen LogP contribution in [0.3, 0.4) is 0 Å². The minimum Gasteiger partial charge on any atom is -0.469 e. The fourth-order valence-corrected chi connectivity index (χ4v) is 1.13. The van der Waals surface area contributed by atoms with Gasteiger partial charge < -0.3 is 9.47 Å². The maximum absolute atomic E-state index is 10.5. The summed E-state index contributed by atoms with van der Waals surface area (Å²) >= 11 is 0. The molecule has 3 heteroatoms. The summed E-state index contributed by atoms with van der Waals surface area (Å²) in [5, 5.41) is 0. The molecule has 0 aromatic rings. The third-order valence-corrected chi connectivity index (χ3v) is 2.04. The molecule has 0 spiro atoms. The van der Waals surface area contributed by atoms with Crippen molar-refractivity contribution < 1.29 is 14.3 Å². The summed E-state index contributed by atoms with van der Waals surface area (Å²) in [6, 6.07) is 0. The van der Waals surface area contributed by atoms with Gasteiger partial charge in [-0.05, 0) is 19.3 Å². The lowest BCUT2D eigenvalue weighted by molar-refractivity contribution is -0.140. The van der Waals surface area contributed by atoms with Crippen LogP contribution in [-0.4, -0.2) is 26.3 Å². The normalized spacial score (nSPS) is 14.4. The Morgan fingerprint density at radius 2 is 1.93 bits per heavy atom. The van der Waals surface area contributed by atoms with Crippen molar-refractivity contribution in [2.75, 3.05) is 20.3 Å². The van der Waals surface area contributed by atoms with Gasteiger partial charge in [0.15, 0.2) is 0 Å². The van der Waals surface area contributed by atoms with Crippen LogP contribution in [0.2, 0.25) is 0 Å². The topological polar surface area (TPSA) is 35.5 Å². The average Bonchev–Trinajstić information content (AvgIpc) is 2.76. The number of hydrogen-bond acceptors (Lipinski definition) is 3. The van der Waals surface area contributed by atoms with Crippen molar-refractivity contribution in [2.45, 2.75) is 45.4 Å². The van der Waals surface area contributed by atoms with Crippen LogP contribution in [0.4, 0.5) is 0 Å². The van der Waals surface area contributed by atoms with Gasteiger partial charge in [0, 0.05) is 19.6 Å². The molecule has 1 heterocycles. The lowest BCUT2D eigenvalue weighted by Crippen LogP contribution is -1.98. The molecule has 0 amide bonds. The van der Waals surface area contributed by atoms with E-state index < -0.39 is 0 Å². The highest BCUT2D eigenvalue weighted by Gasteiger charge is 1.96. The van der Waals surface area contributed by atoms with Crippen molar-refractivity contribution in [2.24, 2.45) is 0 Å². The Bertz CT molecular complexity index is 123. The highest BCUT2D eigenvalue weighted by Crippen LogP contribution is 1.99. The smallest absolute Gasteiger partial charge is 0.305 e. The first-order chi connectivity index (χ1) is 6.81. The summed E-state index contributed by atoms with van der Waals surface area (Å²) < 4.78 is 9.40. The van der Waals surface area contributed by atoms with Crippen molar-refractivity contribution in [3.05, 3.63) is 0 Å². The fourth-order valence-electron chi connectivity index (χ4n) is 1.13. The zero-order valence-electron chi connectivity index (χ0n) is 9.38. The van der Waals surface area contributed by atoms with Crippen LogP contribution < -0.4 is 0 Å².